The summed E-state index contributed by atoms with van der Waals surface area (Å²) in [4.78, 5) is 12.9. The third-order valence-corrected chi connectivity index (χ3v) is 4.55. The van der Waals surface area contributed by atoms with Crippen LogP contribution in [-0.2, 0) is 4.79 Å². The van der Waals surface area contributed by atoms with Crippen LogP contribution < -0.4 is 4.90 Å². The maximum atomic E-state index is 14.2. The molecule has 1 aromatic carbocycles. The van der Waals surface area contributed by atoms with Crippen molar-refractivity contribution < 1.29 is 18.0 Å². The Balaban J connectivity index is 2.28. The van der Waals surface area contributed by atoms with E-state index in [2.05, 4.69) is 0 Å². The fraction of sp³-hybridized carbons (Fsp3) is 0.533. The van der Waals surface area contributed by atoms with E-state index in [1.165, 1.54) is 13.0 Å². The van der Waals surface area contributed by atoms with Crippen LogP contribution in [0.5, 0.6) is 0 Å². The molecule has 0 spiro atoms. The van der Waals surface area contributed by atoms with Crippen molar-refractivity contribution in [1.29, 1.82) is 0 Å². The minimum Gasteiger partial charge on any atom is -0.368 e. The SMILES string of the molecule is CC(=O)S[C@H](C)c1cccc(F)c1N1CCC(F)(F)CC1. The number of alkyl halides is 2. The molecule has 21 heavy (non-hydrogen) atoms. The van der Waals surface area contributed by atoms with Crippen LogP contribution >= 0.6 is 11.8 Å². The molecule has 116 valence electrons. The Morgan fingerprint density at radius 3 is 2.52 bits per heavy atom. The number of piperidine rings is 1. The molecule has 1 aromatic rings. The molecule has 1 atom stereocenters. The number of hydrogen-bond acceptors (Lipinski definition) is 3. The molecule has 0 unspecified atom stereocenters. The number of carbonyl (C=O) groups excluding carboxylic acids is 1. The lowest BCUT2D eigenvalue weighted by Crippen LogP contribution is -2.40. The van der Waals surface area contributed by atoms with Crippen molar-refractivity contribution in [3.63, 3.8) is 0 Å². The number of thioether (sulfide) groups is 1. The number of halogens is 3. The first-order valence-electron chi connectivity index (χ1n) is 6.88. The highest BCUT2D eigenvalue weighted by molar-refractivity contribution is 8.13. The van der Waals surface area contributed by atoms with Gasteiger partial charge in [-0.1, -0.05) is 23.9 Å². The van der Waals surface area contributed by atoms with Gasteiger partial charge in [0.15, 0.2) is 5.12 Å². The molecule has 0 aliphatic carbocycles. The normalized spacial score (nSPS) is 19.4. The summed E-state index contributed by atoms with van der Waals surface area (Å²) < 4.78 is 40.7. The molecule has 0 bridgehead atoms. The van der Waals surface area contributed by atoms with Crippen LogP contribution in [0.2, 0.25) is 0 Å². The van der Waals surface area contributed by atoms with E-state index in [1.54, 1.807) is 17.0 Å². The predicted octanol–water partition coefficient (Wildman–Crippen LogP) is 4.40. The maximum absolute atomic E-state index is 14.2. The second-order valence-corrected chi connectivity index (χ2v) is 6.79. The number of hydrogen-bond donors (Lipinski definition) is 0. The van der Waals surface area contributed by atoms with E-state index in [4.69, 9.17) is 0 Å². The highest BCUT2D eigenvalue weighted by atomic mass is 32.2. The van der Waals surface area contributed by atoms with Crippen molar-refractivity contribution in [3.05, 3.63) is 29.6 Å². The van der Waals surface area contributed by atoms with E-state index in [9.17, 15) is 18.0 Å². The molecule has 0 aromatic heterocycles. The predicted molar refractivity (Wildman–Crippen MR) is 79.5 cm³/mol. The molecule has 0 saturated carbocycles. The molecule has 1 aliphatic heterocycles. The quantitative estimate of drug-likeness (QED) is 0.824. The van der Waals surface area contributed by atoms with Crippen LogP contribution in [-0.4, -0.2) is 24.1 Å². The summed E-state index contributed by atoms with van der Waals surface area (Å²) in [6.07, 6.45) is -0.538. The summed E-state index contributed by atoms with van der Waals surface area (Å²) in [5.41, 5.74) is 1.04. The Labute approximate surface area is 126 Å². The lowest BCUT2D eigenvalue weighted by Gasteiger charge is -2.35. The molecular formula is C15H18F3NOS. The van der Waals surface area contributed by atoms with Crippen molar-refractivity contribution in [2.24, 2.45) is 0 Å². The van der Waals surface area contributed by atoms with Gasteiger partial charge in [-0.25, -0.2) is 13.2 Å². The fourth-order valence-corrected chi connectivity index (χ4v) is 3.38. The van der Waals surface area contributed by atoms with Crippen molar-refractivity contribution >= 4 is 22.6 Å². The molecule has 1 fully saturated rings. The van der Waals surface area contributed by atoms with Crippen LogP contribution in [0.15, 0.2) is 18.2 Å². The molecule has 0 radical (unpaired) electrons. The van der Waals surface area contributed by atoms with E-state index in [-0.39, 0.29) is 36.3 Å². The summed E-state index contributed by atoms with van der Waals surface area (Å²) >= 11 is 1.11. The molecule has 1 heterocycles. The topological polar surface area (TPSA) is 20.3 Å². The number of para-hydroxylation sites is 1. The number of carbonyl (C=O) groups is 1. The van der Waals surface area contributed by atoms with Gasteiger partial charge in [-0.3, -0.25) is 4.79 Å². The van der Waals surface area contributed by atoms with Crippen molar-refractivity contribution in [2.45, 2.75) is 37.9 Å². The van der Waals surface area contributed by atoms with Gasteiger partial charge < -0.3 is 4.90 Å². The summed E-state index contributed by atoms with van der Waals surface area (Å²) in [5.74, 6) is -3.09. The van der Waals surface area contributed by atoms with E-state index >= 15 is 0 Å². The van der Waals surface area contributed by atoms with Crippen LogP contribution in [0.25, 0.3) is 0 Å². The zero-order valence-electron chi connectivity index (χ0n) is 12.0. The molecule has 0 N–H and O–H groups in total. The summed E-state index contributed by atoms with van der Waals surface area (Å²) in [6.45, 7) is 3.53. The first kappa shape index (κ1) is 16.2. The Hall–Kier alpha value is -1.17. The molecule has 2 nitrogen and oxygen atoms in total. The largest absolute Gasteiger partial charge is 0.368 e. The highest BCUT2D eigenvalue weighted by Crippen LogP contribution is 2.39. The summed E-state index contributed by atoms with van der Waals surface area (Å²) in [6, 6.07) is 4.67. The third-order valence-electron chi connectivity index (χ3n) is 3.61. The first-order chi connectivity index (χ1) is 9.80. The molecule has 1 saturated heterocycles. The van der Waals surface area contributed by atoms with E-state index in [1.807, 2.05) is 6.92 Å². The zero-order valence-corrected chi connectivity index (χ0v) is 12.9. The minimum atomic E-state index is -2.67. The van der Waals surface area contributed by atoms with Crippen molar-refractivity contribution in [1.82, 2.24) is 0 Å². The summed E-state index contributed by atoms with van der Waals surface area (Å²) in [7, 11) is 0. The van der Waals surface area contributed by atoms with Gasteiger partial charge in [0.2, 0.25) is 0 Å². The third kappa shape index (κ3) is 3.93. The highest BCUT2D eigenvalue weighted by Gasteiger charge is 2.35. The first-order valence-corrected chi connectivity index (χ1v) is 7.76. The lowest BCUT2D eigenvalue weighted by atomic mass is 10.0. The molecular weight excluding hydrogens is 299 g/mol. The van der Waals surface area contributed by atoms with Gasteiger partial charge in [-0.2, -0.15) is 0 Å². The molecule has 0 amide bonds. The van der Waals surface area contributed by atoms with Gasteiger partial charge in [0.25, 0.3) is 5.92 Å². The number of rotatable bonds is 3. The monoisotopic (exact) mass is 317 g/mol. The average molecular weight is 317 g/mol. The molecule has 6 heteroatoms. The maximum Gasteiger partial charge on any atom is 0.251 e. The second-order valence-electron chi connectivity index (χ2n) is 5.27. The fourth-order valence-electron chi connectivity index (χ4n) is 2.56. The van der Waals surface area contributed by atoms with Crippen molar-refractivity contribution in [3.8, 4) is 0 Å². The average Bonchev–Trinajstić information content (AvgIpc) is 2.38. The van der Waals surface area contributed by atoms with Gasteiger partial charge in [-0.05, 0) is 18.6 Å². The van der Waals surface area contributed by atoms with E-state index < -0.39 is 11.7 Å². The Bertz CT molecular complexity index is 526. The Kier molecular flexibility index (Phi) is 4.86. The Morgan fingerprint density at radius 1 is 1.33 bits per heavy atom. The summed E-state index contributed by atoms with van der Waals surface area (Å²) in [5, 5.41) is -0.265. The van der Waals surface area contributed by atoms with E-state index in [0.717, 1.165) is 11.8 Å². The van der Waals surface area contributed by atoms with Crippen LogP contribution in [0.1, 0.15) is 37.5 Å². The molecule has 2 rings (SSSR count). The van der Waals surface area contributed by atoms with Crippen molar-refractivity contribution in [2.75, 3.05) is 18.0 Å². The number of benzene rings is 1. The van der Waals surface area contributed by atoms with Gasteiger partial charge in [0.1, 0.15) is 5.82 Å². The van der Waals surface area contributed by atoms with Crippen LogP contribution in [0.4, 0.5) is 18.9 Å². The smallest absolute Gasteiger partial charge is 0.251 e. The van der Waals surface area contributed by atoms with Gasteiger partial charge in [0.05, 0.1) is 5.69 Å². The van der Waals surface area contributed by atoms with E-state index in [0.29, 0.717) is 11.3 Å². The number of anilines is 1. The zero-order chi connectivity index (χ0) is 15.6. The standard InChI is InChI=1S/C15H18F3NOS/c1-10(21-11(2)20)12-4-3-5-13(16)14(12)19-8-6-15(17,18)7-9-19/h3-5,10H,6-9H2,1-2H3/t10-/m1/s1. The molecule has 1 aliphatic rings. The Morgan fingerprint density at radius 2 is 1.95 bits per heavy atom. The second kappa shape index (κ2) is 6.30. The van der Waals surface area contributed by atoms with Gasteiger partial charge in [-0.15, -0.1) is 0 Å². The van der Waals surface area contributed by atoms with Crippen LogP contribution in [0, 0.1) is 5.82 Å². The van der Waals surface area contributed by atoms with Gasteiger partial charge in [0, 0.05) is 38.1 Å². The minimum absolute atomic E-state index is 0.0529. The van der Waals surface area contributed by atoms with Gasteiger partial charge >= 0.3 is 0 Å². The number of nitrogens with zero attached hydrogens (tertiary/aromatic N) is 1. The lowest BCUT2D eigenvalue weighted by molar-refractivity contribution is -0.109. The van der Waals surface area contributed by atoms with Crippen LogP contribution in [0.3, 0.4) is 0 Å².